The number of ether oxygens (including phenoxy) is 2. The van der Waals surface area contributed by atoms with E-state index >= 15 is 0 Å². The van der Waals surface area contributed by atoms with Crippen molar-refractivity contribution in [3.05, 3.63) is 53.2 Å². The van der Waals surface area contributed by atoms with E-state index in [1.807, 2.05) is 35.9 Å². The molecule has 0 radical (unpaired) electrons. The summed E-state index contributed by atoms with van der Waals surface area (Å²) in [5.41, 5.74) is 10.0. The monoisotopic (exact) mass is 327 g/mol. The molecule has 24 heavy (non-hydrogen) atoms. The minimum absolute atomic E-state index is 0.495. The van der Waals surface area contributed by atoms with Crippen molar-refractivity contribution in [2.45, 2.75) is 27.2 Å². The van der Waals surface area contributed by atoms with Gasteiger partial charge in [-0.2, -0.15) is 5.10 Å². The Morgan fingerprint density at radius 1 is 1.17 bits per heavy atom. The van der Waals surface area contributed by atoms with E-state index in [1.54, 1.807) is 14.2 Å². The molecule has 0 atom stereocenters. The van der Waals surface area contributed by atoms with Crippen LogP contribution >= 0.6 is 0 Å². The molecule has 5 nitrogen and oxygen atoms in total. The molecule has 0 saturated carbocycles. The lowest BCUT2D eigenvalue weighted by molar-refractivity contribution is 0.355. The van der Waals surface area contributed by atoms with Gasteiger partial charge in [-0.25, -0.2) is 4.68 Å². The lowest BCUT2D eigenvalue weighted by Crippen LogP contribution is -2.04. The van der Waals surface area contributed by atoms with E-state index in [1.165, 1.54) is 5.57 Å². The smallest absolute Gasteiger partial charge is 0.161 e. The zero-order valence-electron chi connectivity index (χ0n) is 15.0. The fourth-order valence-corrected chi connectivity index (χ4v) is 2.37. The fourth-order valence-electron chi connectivity index (χ4n) is 2.37. The molecule has 1 aromatic heterocycles. The number of hydrogen-bond acceptors (Lipinski definition) is 4. The van der Waals surface area contributed by atoms with Crippen molar-refractivity contribution in [3.8, 4) is 11.5 Å². The van der Waals surface area contributed by atoms with Gasteiger partial charge in [0.1, 0.15) is 5.82 Å². The highest BCUT2D eigenvalue weighted by Gasteiger charge is 2.12. The van der Waals surface area contributed by atoms with Crippen molar-refractivity contribution >= 4 is 11.5 Å². The molecule has 0 aliphatic rings. The number of nitrogens with two attached hydrogens (primary N) is 1. The minimum Gasteiger partial charge on any atom is -0.493 e. The molecule has 0 aliphatic heterocycles. The normalized spacial score (nSPS) is 12.4. The lowest BCUT2D eigenvalue weighted by Gasteiger charge is -2.13. The van der Waals surface area contributed by atoms with E-state index in [0.29, 0.717) is 17.3 Å². The molecule has 2 rings (SSSR count). The van der Waals surface area contributed by atoms with E-state index in [0.717, 1.165) is 23.4 Å². The molecule has 1 heterocycles. The zero-order chi connectivity index (χ0) is 17.7. The highest BCUT2D eigenvalue weighted by molar-refractivity contribution is 5.70. The van der Waals surface area contributed by atoms with Gasteiger partial charge in [0.05, 0.1) is 19.9 Å². The van der Waals surface area contributed by atoms with E-state index in [9.17, 15) is 0 Å². The maximum absolute atomic E-state index is 5.86. The van der Waals surface area contributed by atoms with E-state index < -0.39 is 0 Å². The van der Waals surface area contributed by atoms with E-state index in [4.69, 9.17) is 15.2 Å². The van der Waals surface area contributed by atoms with Crippen molar-refractivity contribution in [1.29, 1.82) is 0 Å². The molecule has 0 amide bonds. The summed E-state index contributed by atoms with van der Waals surface area (Å²) >= 11 is 0. The van der Waals surface area contributed by atoms with Crippen LogP contribution < -0.4 is 15.2 Å². The molecule has 0 fully saturated rings. The number of nitrogens with zero attached hydrogens (tertiary/aromatic N) is 2. The topological polar surface area (TPSA) is 62.3 Å². The Morgan fingerprint density at radius 2 is 1.88 bits per heavy atom. The first-order chi connectivity index (χ1) is 11.5. The van der Waals surface area contributed by atoms with Crippen LogP contribution in [0.4, 0.5) is 5.82 Å². The van der Waals surface area contributed by atoms with Crippen LogP contribution in [0.5, 0.6) is 11.5 Å². The molecule has 0 spiro atoms. The molecule has 5 heteroatoms. The minimum atomic E-state index is 0.495. The van der Waals surface area contributed by atoms with Crippen LogP contribution in [0.15, 0.2) is 42.0 Å². The molecule has 2 aromatic rings. The molecule has 2 N–H and O–H groups in total. The molecular weight excluding hydrogens is 302 g/mol. The van der Waals surface area contributed by atoms with Crippen LogP contribution in [0.3, 0.4) is 0 Å². The maximum Gasteiger partial charge on any atom is 0.161 e. The molecule has 0 bridgehead atoms. The summed E-state index contributed by atoms with van der Waals surface area (Å²) in [7, 11) is 3.25. The molecule has 128 valence electrons. The van der Waals surface area contributed by atoms with Crippen LogP contribution in [-0.4, -0.2) is 24.0 Å². The largest absolute Gasteiger partial charge is 0.493 e. The average Bonchev–Trinajstić information content (AvgIpc) is 2.92. The fraction of sp³-hybridized carbons (Fsp3) is 0.316. The second-order valence-corrected chi connectivity index (χ2v) is 5.61. The third-order valence-electron chi connectivity index (χ3n) is 3.90. The molecular formula is C19H25N3O2. The lowest BCUT2D eigenvalue weighted by atomic mass is 10.1. The Hall–Kier alpha value is -2.69. The first-order valence-electron chi connectivity index (χ1n) is 7.92. The Labute approximate surface area is 143 Å². The maximum atomic E-state index is 5.86. The van der Waals surface area contributed by atoms with Gasteiger partial charge >= 0.3 is 0 Å². The second-order valence-electron chi connectivity index (χ2n) is 5.61. The van der Waals surface area contributed by atoms with Gasteiger partial charge in [0.2, 0.25) is 0 Å². The van der Waals surface area contributed by atoms with Crippen LogP contribution in [-0.2, 0) is 0 Å². The van der Waals surface area contributed by atoms with Gasteiger partial charge in [0, 0.05) is 17.3 Å². The van der Waals surface area contributed by atoms with Crippen molar-refractivity contribution in [2.75, 3.05) is 20.0 Å². The number of aryl methyl sites for hydroxylation is 1. The van der Waals surface area contributed by atoms with E-state index in [2.05, 4.69) is 31.1 Å². The third-order valence-corrected chi connectivity index (χ3v) is 3.90. The summed E-state index contributed by atoms with van der Waals surface area (Å²) in [4.78, 5) is 0. The number of aromatic nitrogens is 2. The zero-order valence-corrected chi connectivity index (χ0v) is 15.0. The predicted octanol–water partition coefficient (Wildman–Crippen LogP) is 4.04. The second kappa shape index (κ2) is 7.73. The number of anilines is 1. The summed E-state index contributed by atoms with van der Waals surface area (Å²) in [6.45, 7) is 6.22. The van der Waals surface area contributed by atoms with Gasteiger partial charge in [-0.3, -0.25) is 0 Å². The summed E-state index contributed by atoms with van der Waals surface area (Å²) in [5, 5.41) is 4.41. The Kier molecular flexibility index (Phi) is 5.68. The third kappa shape index (κ3) is 3.79. The van der Waals surface area contributed by atoms with Gasteiger partial charge in [-0.1, -0.05) is 18.6 Å². The average molecular weight is 327 g/mol. The Bertz CT molecular complexity index is 773. The predicted molar refractivity (Wildman–Crippen MR) is 98.3 cm³/mol. The number of benzene rings is 1. The van der Waals surface area contributed by atoms with Gasteiger partial charge in [0.15, 0.2) is 11.5 Å². The van der Waals surface area contributed by atoms with Crippen molar-refractivity contribution in [2.24, 2.45) is 0 Å². The first kappa shape index (κ1) is 17.7. The van der Waals surface area contributed by atoms with E-state index in [-0.39, 0.29) is 0 Å². The first-order valence-corrected chi connectivity index (χ1v) is 7.92. The van der Waals surface area contributed by atoms with Crippen LogP contribution in [0.25, 0.3) is 5.70 Å². The molecule has 0 unspecified atom stereocenters. The Balaban J connectivity index is 2.60. The Morgan fingerprint density at radius 3 is 2.42 bits per heavy atom. The van der Waals surface area contributed by atoms with Gasteiger partial charge in [-0.05, 0) is 44.5 Å². The number of nitrogen functional groups attached to an aromatic ring is 1. The molecule has 0 saturated heterocycles. The number of methoxy groups -OCH3 is 2. The highest BCUT2D eigenvalue weighted by Crippen LogP contribution is 2.31. The van der Waals surface area contributed by atoms with Crippen LogP contribution in [0, 0.1) is 6.92 Å². The number of hydrogen-bond donors (Lipinski definition) is 1. The quantitative estimate of drug-likeness (QED) is 0.814. The highest BCUT2D eigenvalue weighted by atomic mass is 16.5. The summed E-state index contributed by atoms with van der Waals surface area (Å²) in [6.07, 6.45) is 5.15. The summed E-state index contributed by atoms with van der Waals surface area (Å²) in [6, 6.07) is 7.67. The number of rotatable bonds is 6. The summed E-state index contributed by atoms with van der Waals surface area (Å²) < 4.78 is 12.6. The molecule has 1 aromatic carbocycles. The molecule has 0 aliphatic carbocycles. The van der Waals surface area contributed by atoms with Crippen LogP contribution in [0.1, 0.15) is 31.5 Å². The standard InChI is InChI=1S/C19H25N3O2/c1-6-13(2)7-9-16(22-14(3)11-19(20)21-22)15-8-10-17(23-4)18(12-15)24-5/h7-12H,6H2,1-5H3,(H2,20,21)/b13-7?,16-9-. The summed E-state index contributed by atoms with van der Waals surface area (Å²) in [5.74, 6) is 1.86. The van der Waals surface area contributed by atoms with Crippen LogP contribution in [0.2, 0.25) is 0 Å². The van der Waals surface area contributed by atoms with Gasteiger partial charge in [0.25, 0.3) is 0 Å². The van der Waals surface area contributed by atoms with Gasteiger partial charge in [-0.15, -0.1) is 0 Å². The van der Waals surface area contributed by atoms with Crippen molar-refractivity contribution in [3.63, 3.8) is 0 Å². The van der Waals surface area contributed by atoms with Crippen molar-refractivity contribution in [1.82, 2.24) is 9.78 Å². The van der Waals surface area contributed by atoms with Gasteiger partial charge < -0.3 is 15.2 Å². The number of allylic oxidation sites excluding steroid dienone is 3. The van der Waals surface area contributed by atoms with Crippen molar-refractivity contribution < 1.29 is 9.47 Å². The SMILES string of the molecule is CCC(C)=C/C=C(/c1ccc(OC)c(OC)c1)n1nc(N)cc1C.